The maximum atomic E-state index is 6.15. The van der Waals surface area contributed by atoms with E-state index in [1.165, 1.54) is 5.56 Å². The molecule has 0 saturated carbocycles. The highest BCUT2D eigenvalue weighted by Crippen LogP contribution is 2.43. The van der Waals surface area contributed by atoms with Crippen LogP contribution < -0.4 is 9.64 Å². The largest absolute Gasteiger partial charge is 0.490 e. The van der Waals surface area contributed by atoms with Crippen molar-refractivity contribution in [1.29, 1.82) is 0 Å². The first-order chi connectivity index (χ1) is 13.3. The van der Waals surface area contributed by atoms with Crippen molar-refractivity contribution in [3.63, 3.8) is 0 Å². The summed E-state index contributed by atoms with van der Waals surface area (Å²) in [5.74, 6) is 1.86. The van der Waals surface area contributed by atoms with Crippen molar-refractivity contribution in [2.24, 2.45) is 0 Å². The van der Waals surface area contributed by atoms with Crippen LogP contribution in [-0.2, 0) is 11.3 Å². The average Bonchev–Trinajstić information content (AvgIpc) is 3.17. The Balaban J connectivity index is 1.57. The number of fused-ring (bicyclic) bond motifs is 1. The Morgan fingerprint density at radius 1 is 0.741 bits per heavy atom. The number of nitrogens with zero attached hydrogens (tertiary/aromatic N) is 1. The molecule has 3 aromatic rings. The molecule has 2 aliphatic heterocycles. The van der Waals surface area contributed by atoms with E-state index in [-0.39, 0.29) is 5.54 Å². The van der Waals surface area contributed by atoms with Crippen LogP contribution >= 0.6 is 0 Å². The van der Waals surface area contributed by atoms with Crippen LogP contribution in [0.3, 0.4) is 0 Å². The molecule has 27 heavy (non-hydrogen) atoms. The van der Waals surface area contributed by atoms with Crippen LogP contribution in [0.25, 0.3) is 5.76 Å². The summed E-state index contributed by atoms with van der Waals surface area (Å²) in [7, 11) is 0. The van der Waals surface area contributed by atoms with Crippen LogP contribution in [0.1, 0.15) is 11.1 Å². The Labute approximate surface area is 159 Å². The minimum absolute atomic E-state index is 0.310. The van der Waals surface area contributed by atoms with Gasteiger partial charge in [-0.3, -0.25) is 0 Å². The maximum Gasteiger partial charge on any atom is 0.142 e. The van der Waals surface area contributed by atoms with Gasteiger partial charge in [-0.1, -0.05) is 72.8 Å². The Bertz CT molecular complexity index is 968. The summed E-state index contributed by atoms with van der Waals surface area (Å²) >= 11 is 0. The fourth-order valence-electron chi connectivity index (χ4n) is 3.87. The molecule has 0 N–H and O–H groups in total. The molecule has 2 aliphatic rings. The molecule has 0 fully saturated rings. The molecule has 3 nitrogen and oxygen atoms in total. The minimum atomic E-state index is -0.310. The molecule has 5 rings (SSSR count). The monoisotopic (exact) mass is 355 g/mol. The highest BCUT2D eigenvalue weighted by molar-refractivity contribution is 5.70. The van der Waals surface area contributed by atoms with Crippen LogP contribution in [0, 0.1) is 0 Å². The summed E-state index contributed by atoms with van der Waals surface area (Å²) in [5.41, 5.74) is 3.18. The van der Waals surface area contributed by atoms with Crippen molar-refractivity contribution in [2.75, 3.05) is 18.1 Å². The second-order valence-corrected chi connectivity index (χ2v) is 7.10. The highest BCUT2D eigenvalue weighted by Gasteiger charge is 2.45. The maximum absolute atomic E-state index is 6.15. The molecular formula is C24H21NO2. The second kappa shape index (κ2) is 6.51. The number of benzene rings is 3. The van der Waals surface area contributed by atoms with Crippen molar-refractivity contribution in [1.82, 2.24) is 0 Å². The van der Waals surface area contributed by atoms with E-state index >= 15 is 0 Å². The summed E-state index contributed by atoms with van der Waals surface area (Å²) in [6.45, 7) is 1.97. The van der Waals surface area contributed by atoms with Crippen molar-refractivity contribution in [2.45, 2.75) is 12.1 Å². The van der Waals surface area contributed by atoms with Crippen LogP contribution in [0.15, 0.2) is 91.0 Å². The predicted octanol–water partition coefficient (Wildman–Crippen LogP) is 4.90. The van der Waals surface area contributed by atoms with Crippen LogP contribution in [0.4, 0.5) is 5.69 Å². The Hall–Kier alpha value is -3.20. The number of para-hydroxylation sites is 2. The van der Waals surface area contributed by atoms with Gasteiger partial charge in [-0.15, -0.1) is 0 Å². The number of ether oxygens (including phenoxy) is 2. The van der Waals surface area contributed by atoms with Gasteiger partial charge in [-0.2, -0.15) is 0 Å². The first-order valence-electron chi connectivity index (χ1n) is 9.29. The molecule has 0 aliphatic carbocycles. The predicted molar refractivity (Wildman–Crippen MR) is 108 cm³/mol. The Morgan fingerprint density at radius 2 is 1.41 bits per heavy atom. The quantitative estimate of drug-likeness (QED) is 0.667. The zero-order chi connectivity index (χ0) is 18.1. The molecule has 0 saturated heterocycles. The van der Waals surface area contributed by atoms with E-state index in [0.29, 0.717) is 13.2 Å². The zero-order valence-electron chi connectivity index (χ0n) is 15.0. The van der Waals surface area contributed by atoms with Gasteiger partial charge in [-0.05, 0) is 23.8 Å². The van der Waals surface area contributed by atoms with Crippen LogP contribution in [0.2, 0.25) is 0 Å². The first kappa shape index (κ1) is 16.0. The van der Waals surface area contributed by atoms with E-state index in [4.69, 9.17) is 9.47 Å². The lowest BCUT2D eigenvalue weighted by molar-refractivity contribution is 0.162. The summed E-state index contributed by atoms with van der Waals surface area (Å²) in [5, 5.41) is 0. The number of anilines is 1. The van der Waals surface area contributed by atoms with Crippen molar-refractivity contribution >= 4 is 11.4 Å². The van der Waals surface area contributed by atoms with Crippen molar-refractivity contribution in [3.8, 4) is 5.75 Å². The summed E-state index contributed by atoms with van der Waals surface area (Å²) in [4.78, 5) is 2.43. The summed E-state index contributed by atoms with van der Waals surface area (Å²) < 4.78 is 12.3. The Kier molecular flexibility index (Phi) is 3.86. The standard InChI is InChI=1S/C24H21NO2/c1-3-9-19(10-4-1)16-25-21-13-7-8-14-22(21)26-17-24(25)15-23(27-18-24)20-11-5-2-6-12-20/h1-15H,16-18H2. The van der Waals surface area contributed by atoms with E-state index in [1.54, 1.807) is 0 Å². The van der Waals surface area contributed by atoms with Crippen LogP contribution in [-0.4, -0.2) is 18.8 Å². The van der Waals surface area contributed by atoms with Gasteiger partial charge in [0.15, 0.2) is 0 Å². The number of hydrogen-bond donors (Lipinski definition) is 0. The van der Waals surface area contributed by atoms with Gasteiger partial charge in [0, 0.05) is 12.1 Å². The second-order valence-electron chi connectivity index (χ2n) is 7.10. The molecule has 0 radical (unpaired) electrons. The molecule has 1 unspecified atom stereocenters. The fourth-order valence-corrected chi connectivity index (χ4v) is 3.87. The van der Waals surface area contributed by atoms with Gasteiger partial charge in [0.1, 0.15) is 30.3 Å². The third-order valence-corrected chi connectivity index (χ3v) is 5.29. The molecule has 134 valence electrons. The molecular weight excluding hydrogens is 334 g/mol. The molecule has 3 heteroatoms. The van der Waals surface area contributed by atoms with Gasteiger partial charge in [0.2, 0.25) is 0 Å². The number of rotatable bonds is 3. The molecule has 0 bridgehead atoms. The number of hydrogen-bond acceptors (Lipinski definition) is 3. The Morgan fingerprint density at radius 3 is 2.22 bits per heavy atom. The SMILES string of the molecule is C1=C(c2ccccc2)OCC12COc1ccccc1N2Cc1ccccc1. The molecule has 3 aromatic carbocycles. The molecule has 0 amide bonds. The summed E-state index contributed by atoms with van der Waals surface area (Å²) in [6.07, 6.45) is 2.24. The van der Waals surface area contributed by atoms with Crippen molar-refractivity contribution < 1.29 is 9.47 Å². The first-order valence-corrected chi connectivity index (χ1v) is 9.29. The molecule has 2 heterocycles. The van der Waals surface area contributed by atoms with Gasteiger partial charge in [-0.25, -0.2) is 0 Å². The smallest absolute Gasteiger partial charge is 0.142 e. The van der Waals surface area contributed by atoms with E-state index in [1.807, 2.05) is 30.3 Å². The van der Waals surface area contributed by atoms with Gasteiger partial charge in [0.05, 0.1) is 5.69 Å². The topological polar surface area (TPSA) is 21.7 Å². The lowest BCUT2D eigenvalue weighted by atomic mass is 9.94. The van der Waals surface area contributed by atoms with Gasteiger partial charge < -0.3 is 14.4 Å². The molecule has 0 aromatic heterocycles. The lowest BCUT2D eigenvalue weighted by Gasteiger charge is -2.44. The molecule has 1 spiro atoms. The van der Waals surface area contributed by atoms with Gasteiger partial charge >= 0.3 is 0 Å². The van der Waals surface area contributed by atoms with Gasteiger partial charge in [0.25, 0.3) is 0 Å². The minimum Gasteiger partial charge on any atom is -0.490 e. The summed E-state index contributed by atoms with van der Waals surface area (Å²) in [6, 6.07) is 29.1. The zero-order valence-corrected chi connectivity index (χ0v) is 15.0. The third-order valence-electron chi connectivity index (χ3n) is 5.29. The third kappa shape index (κ3) is 2.85. The van der Waals surface area contributed by atoms with Crippen molar-refractivity contribution in [3.05, 3.63) is 102 Å². The van der Waals surface area contributed by atoms with E-state index in [2.05, 4.69) is 65.6 Å². The molecule has 1 atom stereocenters. The highest BCUT2D eigenvalue weighted by atomic mass is 16.5. The van der Waals surface area contributed by atoms with E-state index in [9.17, 15) is 0 Å². The van der Waals surface area contributed by atoms with Crippen LogP contribution in [0.5, 0.6) is 5.75 Å². The van der Waals surface area contributed by atoms with E-state index < -0.39 is 0 Å². The van der Waals surface area contributed by atoms with E-state index in [0.717, 1.165) is 29.3 Å². The normalized spacial score (nSPS) is 20.6. The lowest BCUT2D eigenvalue weighted by Crippen LogP contribution is -2.55. The average molecular weight is 355 g/mol. The fraction of sp³-hybridized carbons (Fsp3) is 0.167.